The summed E-state index contributed by atoms with van der Waals surface area (Å²) >= 11 is 0. The normalized spacial score (nSPS) is 21.8. The van der Waals surface area contributed by atoms with Gasteiger partial charge in [-0.2, -0.15) is 0 Å². The summed E-state index contributed by atoms with van der Waals surface area (Å²) in [6.45, 7) is 0. The standard InChI is InChI=1S/C16H19O4/c1-17-13-9-7-12(8-10-13)16(20-4)11-5-6-14(18-2)15(16)19-3/h6-10H,11H2,1-4H3. The summed E-state index contributed by atoms with van der Waals surface area (Å²) in [5, 5.41) is 0. The van der Waals surface area contributed by atoms with Crippen molar-refractivity contribution in [2.75, 3.05) is 28.4 Å². The second kappa shape index (κ2) is 6.01. The van der Waals surface area contributed by atoms with Crippen LogP contribution in [0, 0.1) is 6.08 Å². The van der Waals surface area contributed by atoms with E-state index in [2.05, 4.69) is 6.08 Å². The number of rotatable bonds is 5. The van der Waals surface area contributed by atoms with Crippen molar-refractivity contribution < 1.29 is 18.9 Å². The summed E-state index contributed by atoms with van der Waals surface area (Å²) in [6.07, 6.45) is 5.51. The molecule has 1 unspecified atom stereocenters. The zero-order chi connectivity index (χ0) is 14.6. The summed E-state index contributed by atoms with van der Waals surface area (Å²) < 4.78 is 21.9. The highest BCUT2D eigenvalue weighted by Crippen LogP contribution is 2.42. The van der Waals surface area contributed by atoms with E-state index in [1.165, 1.54) is 0 Å². The molecular weight excluding hydrogens is 256 g/mol. The fourth-order valence-electron chi connectivity index (χ4n) is 2.43. The van der Waals surface area contributed by atoms with Crippen molar-refractivity contribution in [2.45, 2.75) is 12.0 Å². The molecule has 1 aliphatic rings. The molecule has 0 heterocycles. The minimum atomic E-state index is -0.721. The average molecular weight is 275 g/mol. The highest BCUT2D eigenvalue weighted by atomic mass is 16.5. The van der Waals surface area contributed by atoms with Crippen molar-refractivity contribution in [3.05, 3.63) is 53.5 Å². The van der Waals surface area contributed by atoms with Gasteiger partial charge in [0.15, 0.2) is 17.1 Å². The van der Waals surface area contributed by atoms with E-state index in [1.54, 1.807) is 34.5 Å². The lowest BCUT2D eigenvalue weighted by Gasteiger charge is -2.35. The van der Waals surface area contributed by atoms with Crippen molar-refractivity contribution in [3.63, 3.8) is 0 Å². The fourth-order valence-corrected chi connectivity index (χ4v) is 2.43. The maximum absolute atomic E-state index is 5.79. The van der Waals surface area contributed by atoms with Crippen molar-refractivity contribution in [1.82, 2.24) is 0 Å². The highest BCUT2D eigenvalue weighted by molar-refractivity contribution is 5.40. The third kappa shape index (κ3) is 2.27. The zero-order valence-electron chi connectivity index (χ0n) is 12.2. The number of hydrogen-bond donors (Lipinski definition) is 0. The van der Waals surface area contributed by atoms with Crippen LogP contribution in [0.15, 0.2) is 41.9 Å². The van der Waals surface area contributed by atoms with Gasteiger partial charge in [0.2, 0.25) is 0 Å². The summed E-state index contributed by atoms with van der Waals surface area (Å²) in [6, 6.07) is 7.71. The Kier molecular flexibility index (Phi) is 4.35. The molecule has 2 rings (SSSR count). The number of benzene rings is 1. The molecular formula is C16H19O4. The quantitative estimate of drug-likeness (QED) is 0.828. The van der Waals surface area contributed by atoms with Gasteiger partial charge in [-0.1, -0.05) is 12.1 Å². The summed E-state index contributed by atoms with van der Waals surface area (Å²) in [4.78, 5) is 0. The van der Waals surface area contributed by atoms with E-state index in [4.69, 9.17) is 18.9 Å². The van der Waals surface area contributed by atoms with Crippen LogP contribution in [0.2, 0.25) is 0 Å². The maximum Gasteiger partial charge on any atom is 0.174 e. The van der Waals surface area contributed by atoms with E-state index >= 15 is 0 Å². The lowest BCUT2D eigenvalue weighted by Crippen LogP contribution is -2.34. The van der Waals surface area contributed by atoms with E-state index in [9.17, 15) is 0 Å². The van der Waals surface area contributed by atoms with Gasteiger partial charge in [0.25, 0.3) is 0 Å². The van der Waals surface area contributed by atoms with Crippen molar-refractivity contribution in [2.24, 2.45) is 0 Å². The van der Waals surface area contributed by atoms with Crippen LogP contribution in [0.5, 0.6) is 5.75 Å². The number of ether oxygens (including phenoxy) is 4. The Morgan fingerprint density at radius 2 is 1.65 bits per heavy atom. The van der Waals surface area contributed by atoms with Crippen LogP contribution in [0.1, 0.15) is 12.0 Å². The molecule has 107 valence electrons. The molecule has 1 atom stereocenters. The van der Waals surface area contributed by atoms with Crippen LogP contribution in [0.3, 0.4) is 0 Å². The molecule has 0 aromatic heterocycles. The van der Waals surface area contributed by atoms with Gasteiger partial charge in [0.1, 0.15) is 5.75 Å². The van der Waals surface area contributed by atoms with Gasteiger partial charge in [-0.15, -0.1) is 0 Å². The van der Waals surface area contributed by atoms with Gasteiger partial charge >= 0.3 is 0 Å². The zero-order valence-corrected chi connectivity index (χ0v) is 12.2. The molecule has 1 aromatic rings. The predicted molar refractivity (Wildman–Crippen MR) is 75.2 cm³/mol. The van der Waals surface area contributed by atoms with Crippen LogP contribution in [0.4, 0.5) is 0 Å². The summed E-state index contributed by atoms with van der Waals surface area (Å²) in [5.41, 5.74) is 0.244. The first-order chi connectivity index (χ1) is 9.71. The molecule has 0 aliphatic heterocycles. The molecule has 1 aliphatic carbocycles. The second-order valence-corrected chi connectivity index (χ2v) is 4.39. The Balaban J connectivity index is 2.52. The highest BCUT2D eigenvalue weighted by Gasteiger charge is 2.41. The Labute approximate surface area is 119 Å². The first kappa shape index (κ1) is 14.5. The average Bonchev–Trinajstić information content (AvgIpc) is 2.53. The van der Waals surface area contributed by atoms with Crippen molar-refractivity contribution >= 4 is 0 Å². The Morgan fingerprint density at radius 1 is 0.950 bits per heavy atom. The lowest BCUT2D eigenvalue weighted by atomic mass is 9.84. The van der Waals surface area contributed by atoms with E-state index < -0.39 is 5.60 Å². The Morgan fingerprint density at radius 3 is 2.15 bits per heavy atom. The molecule has 0 fully saturated rings. The first-order valence-corrected chi connectivity index (χ1v) is 6.31. The van der Waals surface area contributed by atoms with E-state index in [-0.39, 0.29) is 0 Å². The molecule has 0 saturated heterocycles. The molecule has 4 nitrogen and oxygen atoms in total. The monoisotopic (exact) mass is 275 g/mol. The topological polar surface area (TPSA) is 36.9 Å². The van der Waals surface area contributed by atoms with Gasteiger partial charge in [-0.3, -0.25) is 0 Å². The molecule has 1 radical (unpaired) electrons. The van der Waals surface area contributed by atoms with Crippen molar-refractivity contribution in [1.29, 1.82) is 0 Å². The Hall–Kier alpha value is -1.94. The number of hydrogen-bond acceptors (Lipinski definition) is 4. The number of allylic oxidation sites excluding steroid dienone is 1. The van der Waals surface area contributed by atoms with Crippen LogP contribution >= 0.6 is 0 Å². The minimum absolute atomic E-state index is 0.561. The molecule has 0 saturated carbocycles. The van der Waals surface area contributed by atoms with E-state index in [0.29, 0.717) is 17.9 Å². The largest absolute Gasteiger partial charge is 0.497 e. The van der Waals surface area contributed by atoms with Gasteiger partial charge in [-0.25, -0.2) is 0 Å². The Bertz CT molecular complexity index is 516. The number of methoxy groups -OCH3 is 4. The maximum atomic E-state index is 5.79. The van der Waals surface area contributed by atoms with E-state index in [0.717, 1.165) is 11.3 Å². The fraction of sp³-hybridized carbons (Fsp3) is 0.375. The molecule has 0 spiro atoms. The SMILES string of the molecule is COC1=C(OC)C(OC)(c2ccc(OC)cc2)C[C]=C1. The molecule has 1 aromatic carbocycles. The lowest BCUT2D eigenvalue weighted by molar-refractivity contribution is -0.0317. The molecule has 0 N–H and O–H groups in total. The molecule has 4 heteroatoms. The second-order valence-electron chi connectivity index (χ2n) is 4.39. The summed E-state index contributed by atoms with van der Waals surface area (Å²) in [7, 11) is 6.52. The van der Waals surface area contributed by atoms with Crippen LogP contribution in [0.25, 0.3) is 0 Å². The van der Waals surface area contributed by atoms with Gasteiger partial charge < -0.3 is 18.9 Å². The minimum Gasteiger partial charge on any atom is -0.497 e. The molecule has 20 heavy (non-hydrogen) atoms. The van der Waals surface area contributed by atoms with Gasteiger partial charge in [0.05, 0.1) is 21.3 Å². The smallest absolute Gasteiger partial charge is 0.174 e. The first-order valence-electron chi connectivity index (χ1n) is 6.31. The van der Waals surface area contributed by atoms with Crippen LogP contribution in [-0.4, -0.2) is 28.4 Å². The van der Waals surface area contributed by atoms with Crippen LogP contribution < -0.4 is 4.74 Å². The molecule has 0 amide bonds. The third-order valence-corrected chi connectivity index (χ3v) is 3.50. The molecule has 0 bridgehead atoms. The van der Waals surface area contributed by atoms with Gasteiger partial charge in [-0.05, 0) is 29.8 Å². The third-order valence-electron chi connectivity index (χ3n) is 3.50. The summed E-state index contributed by atoms with van der Waals surface area (Å²) in [5.74, 6) is 2.06. The van der Waals surface area contributed by atoms with Gasteiger partial charge in [0, 0.05) is 13.5 Å². The van der Waals surface area contributed by atoms with E-state index in [1.807, 2.05) is 24.3 Å². The predicted octanol–water partition coefficient (Wildman–Crippen LogP) is 2.80. The van der Waals surface area contributed by atoms with Crippen LogP contribution in [-0.2, 0) is 19.8 Å². The van der Waals surface area contributed by atoms with Crippen molar-refractivity contribution in [3.8, 4) is 5.75 Å².